The summed E-state index contributed by atoms with van der Waals surface area (Å²) in [6, 6.07) is 18.9. The number of allylic oxidation sites excluding steroid dienone is 1. The first-order valence-corrected chi connectivity index (χ1v) is 6.78. The van der Waals surface area contributed by atoms with Crippen molar-refractivity contribution < 1.29 is 0 Å². The average Bonchev–Trinajstić information content (AvgIpc) is 2.45. The molecule has 100 valence electrons. The molecule has 0 amide bonds. The molecule has 1 heteroatoms. The van der Waals surface area contributed by atoms with E-state index in [4.69, 9.17) is 5.26 Å². The number of hydrogen-bond acceptors (Lipinski definition) is 1. The molecule has 0 unspecified atom stereocenters. The lowest BCUT2D eigenvalue weighted by atomic mass is 9.85. The second-order valence-corrected chi connectivity index (χ2v) is 5.92. The first-order chi connectivity index (χ1) is 9.50. The minimum atomic E-state index is 0.147. The van der Waals surface area contributed by atoms with E-state index in [9.17, 15) is 0 Å². The molecule has 0 atom stereocenters. The van der Waals surface area contributed by atoms with E-state index >= 15 is 0 Å². The number of rotatable bonds is 2. The van der Waals surface area contributed by atoms with Crippen molar-refractivity contribution in [1.82, 2.24) is 0 Å². The summed E-state index contributed by atoms with van der Waals surface area (Å²) in [6.45, 7) is 6.66. The number of nitrogens with zero attached hydrogens (tertiary/aromatic N) is 1. The Balaban J connectivity index is 2.42. The van der Waals surface area contributed by atoms with Crippen molar-refractivity contribution in [2.75, 3.05) is 0 Å². The van der Waals surface area contributed by atoms with E-state index in [2.05, 4.69) is 57.2 Å². The monoisotopic (exact) mass is 261 g/mol. The number of benzene rings is 2. The van der Waals surface area contributed by atoms with Crippen molar-refractivity contribution in [1.29, 1.82) is 5.26 Å². The highest BCUT2D eigenvalue weighted by atomic mass is 14.2. The SMILES string of the molecule is CC(C)(C)c1cccc(-c2cccc(/C=C/C#N)c2)c1. The molecule has 0 aliphatic carbocycles. The normalized spacial score (nSPS) is 11.5. The topological polar surface area (TPSA) is 23.8 Å². The van der Waals surface area contributed by atoms with E-state index in [1.54, 1.807) is 0 Å². The Hall–Kier alpha value is -2.33. The minimum absolute atomic E-state index is 0.147. The molecule has 0 fully saturated rings. The van der Waals surface area contributed by atoms with E-state index in [0.29, 0.717) is 0 Å². The Morgan fingerprint density at radius 3 is 2.25 bits per heavy atom. The van der Waals surface area contributed by atoms with Gasteiger partial charge < -0.3 is 0 Å². The Kier molecular flexibility index (Phi) is 4.05. The molecule has 2 rings (SSSR count). The Morgan fingerprint density at radius 2 is 1.60 bits per heavy atom. The quantitative estimate of drug-likeness (QED) is 0.683. The molecule has 20 heavy (non-hydrogen) atoms. The van der Waals surface area contributed by atoms with Gasteiger partial charge in [0.1, 0.15) is 0 Å². The van der Waals surface area contributed by atoms with Gasteiger partial charge in [-0.1, -0.05) is 63.2 Å². The van der Waals surface area contributed by atoms with Gasteiger partial charge in [-0.15, -0.1) is 0 Å². The molecule has 2 aromatic rings. The molecule has 1 nitrogen and oxygen atoms in total. The van der Waals surface area contributed by atoms with Gasteiger partial charge in [-0.05, 0) is 39.8 Å². The number of nitriles is 1. The van der Waals surface area contributed by atoms with E-state index in [1.807, 2.05) is 24.3 Å². The summed E-state index contributed by atoms with van der Waals surface area (Å²) in [5.41, 5.74) is 4.91. The standard InChI is InChI=1S/C19H19N/c1-19(2,3)18-11-5-10-17(14-18)16-9-4-7-15(13-16)8-6-12-20/h4-11,13-14H,1-3H3/b8-6+. The molecule has 2 aromatic carbocycles. The van der Waals surface area contributed by atoms with E-state index < -0.39 is 0 Å². The third-order valence-electron chi connectivity index (χ3n) is 3.30. The summed E-state index contributed by atoms with van der Waals surface area (Å²) in [7, 11) is 0. The summed E-state index contributed by atoms with van der Waals surface area (Å²) in [5.74, 6) is 0. The van der Waals surface area contributed by atoms with Crippen molar-refractivity contribution in [2.24, 2.45) is 0 Å². The van der Waals surface area contributed by atoms with Crippen LogP contribution in [0.25, 0.3) is 17.2 Å². The molecular weight excluding hydrogens is 242 g/mol. The molecule has 0 aromatic heterocycles. The Labute approximate surface area is 121 Å². The van der Waals surface area contributed by atoms with Gasteiger partial charge in [-0.3, -0.25) is 0 Å². The maximum absolute atomic E-state index is 8.60. The van der Waals surface area contributed by atoms with Crippen LogP contribution in [0.15, 0.2) is 54.6 Å². The first kappa shape index (κ1) is 14.1. The zero-order valence-corrected chi connectivity index (χ0v) is 12.2. The van der Waals surface area contributed by atoms with Gasteiger partial charge in [0.15, 0.2) is 0 Å². The fraction of sp³-hybridized carbons (Fsp3) is 0.211. The maximum atomic E-state index is 8.60. The summed E-state index contributed by atoms with van der Waals surface area (Å²) in [6.07, 6.45) is 3.34. The van der Waals surface area contributed by atoms with Crippen LogP contribution in [0.3, 0.4) is 0 Å². The fourth-order valence-corrected chi connectivity index (χ4v) is 2.12. The predicted octanol–water partition coefficient (Wildman–Crippen LogP) is 5.19. The zero-order chi connectivity index (χ0) is 14.6. The van der Waals surface area contributed by atoms with Crippen molar-refractivity contribution in [2.45, 2.75) is 26.2 Å². The van der Waals surface area contributed by atoms with Crippen LogP contribution in [0.2, 0.25) is 0 Å². The third-order valence-corrected chi connectivity index (χ3v) is 3.30. The smallest absolute Gasteiger partial charge is 0.0912 e. The summed E-state index contributed by atoms with van der Waals surface area (Å²) < 4.78 is 0. The molecule has 0 saturated heterocycles. The van der Waals surface area contributed by atoms with Crippen molar-refractivity contribution in [3.63, 3.8) is 0 Å². The minimum Gasteiger partial charge on any atom is -0.193 e. The van der Waals surface area contributed by atoms with Gasteiger partial charge in [0, 0.05) is 6.08 Å². The lowest BCUT2D eigenvalue weighted by molar-refractivity contribution is 0.590. The van der Waals surface area contributed by atoms with Crippen molar-refractivity contribution >= 4 is 6.08 Å². The van der Waals surface area contributed by atoms with Gasteiger partial charge in [0.2, 0.25) is 0 Å². The van der Waals surface area contributed by atoms with Crippen LogP contribution in [0.1, 0.15) is 31.9 Å². The summed E-state index contributed by atoms with van der Waals surface area (Å²) in [4.78, 5) is 0. The molecule has 0 saturated carbocycles. The fourth-order valence-electron chi connectivity index (χ4n) is 2.12. The Bertz CT molecular complexity index is 667. The Morgan fingerprint density at radius 1 is 0.950 bits per heavy atom. The van der Waals surface area contributed by atoms with Gasteiger partial charge >= 0.3 is 0 Å². The van der Waals surface area contributed by atoms with Crippen molar-refractivity contribution in [3.05, 3.63) is 65.7 Å². The maximum Gasteiger partial charge on any atom is 0.0912 e. The molecule has 0 bridgehead atoms. The molecule has 0 spiro atoms. The van der Waals surface area contributed by atoms with E-state index in [0.717, 1.165) is 5.56 Å². The first-order valence-electron chi connectivity index (χ1n) is 6.78. The molecule has 0 N–H and O–H groups in total. The van der Waals surface area contributed by atoms with Gasteiger partial charge in [-0.25, -0.2) is 0 Å². The van der Waals surface area contributed by atoms with Crippen LogP contribution in [-0.4, -0.2) is 0 Å². The van der Waals surface area contributed by atoms with Crippen LogP contribution in [0, 0.1) is 11.3 Å². The molecular formula is C19H19N. The van der Waals surface area contributed by atoms with Crippen LogP contribution in [-0.2, 0) is 5.41 Å². The summed E-state index contributed by atoms with van der Waals surface area (Å²) in [5, 5.41) is 8.60. The lowest BCUT2D eigenvalue weighted by Gasteiger charge is -2.19. The summed E-state index contributed by atoms with van der Waals surface area (Å²) >= 11 is 0. The van der Waals surface area contributed by atoms with Gasteiger partial charge in [0.05, 0.1) is 6.07 Å². The molecule has 0 radical (unpaired) electrons. The highest BCUT2D eigenvalue weighted by molar-refractivity contribution is 5.68. The molecule has 0 aliphatic rings. The largest absolute Gasteiger partial charge is 0.193 e. The zero-order valence-electron chi connectivity index (χ0n) is 12.2. The second-order valence-electron chi connectivity index (χ2n) is 5.92. The average molecular weight is 261 g/mol. The predicted molar refractivity (Wildman–Crippen MR) is 85.2 cm³/mol. The van der Waals surface area contributed by atoms with Gasteiger partial charge in [-0.2, -0.15) is 5.26 Å². The molecule has 0 heterocycles. The van der Waals surface area contributed by atoms with Crippen LogP contribution in [0.5, 0.6) is 0 Å². The van der Waals surface area contributed by atoms with E-state index in [1.165, 1.54) is 22.8 Å². The van der Waals surface area contributed by atoms with Crippen LogP contribution < -0.4 is 0 Å². The number of hydrogen-bond donors (Lipinski definition) is 0. The molecule has 0 aliphatic heterocycles. The van der Waals surface area contributed by atoms with E-state index in [-0.39, 0.29) is 5.41 Å². The lowest BCUT2D eigenvalue weighted by Crippen LogP contribution is -2.10. The van der Waals surface area contributed by atoms with Gasteiger partial charge in [0.25, 0.3) is 0 Å². The van der Waals surface area contributed by atoms with Crippen LogP contribution >= 0.6 is 0 Å². The van der Waals surface area contributed by atoms with Crippen molar-refractivity contribution in [3.8, 4) is 17.2 Å². The highest BCUT2D eigenvalue weighted by Crippen LogP contribution is 2.28. The second kappa shape index (κ2) is 5.75. The van der Waals surface area contributed by atoms with Crippen LogP contribution in [0.4, 0.5) is 0 Å². The highest BCUT2D eigenvalue weighted by Gasteiger charge is 2.13. The third kappa shape index (κ3) is 3.36.